The van der Waals surface area contributed by atoms with E-state index in [2.05, 4.69) is 252 Å². The molecule has 0 amide bonds. The zero-order chi connectivity index (χ0) is 39.8. The van der Waals surface area contributed by atoms with Crippen LogP contribution in [-0.2, 0) is 0 Å². The van der Waals surface area contributed by atoms with Crippen molar-refractivity contribution in [3.8, 4) is 50.2 Å². The van der Waals surface area contributed by atoms with Crippen LogP contribution in [0.25, 0.3) is 82.8 Å². The summed E-state index contributed by atoms with van der Waals surface area (Å²) in [5, 5.41) is 4.89. The Labute approximate surface area is 350 Å². The van der Waals surface area contributed by atoms with Gasteiger partial charge in [-0.25, -0.2) is 0 Å². The van der Waals surface area contributed by atoms with Crippen molar-refractivity contribution in [2.75, 3.05) is 4.90 Å². The number of nitrogens with zero attached hydrogens (tertiary/aromatic N) is 2. The Morgan fingerprint density at radius 1 is 0.283 bits per heavy atom. The van der Waals surface area contributed by atoms with Gasteiger partial charge in [-0.1, -0.05) is 176 Å². The van der Waals surface area contributed by atoms with Crippen LogP contribution < -0.4 is 4.90 Å². The van der Waals surface area contributed by atoms with Crippen molar-refractivity contribution in [3.63, 3.8) is 0 Å². The average molecular weight is 765 g/mol. The summed E-state index contributed by atoms with van der Waals surface area (Å²) in [6, 6.07) is 88.0. The second-order valence-electron chi connectivity index (χ2n) is 15.3. The summed E-state index contributed by atoms with van der Waals surface area (Å²) >= 11 is 0. The summed E-state index contributed by atoms with van der Waals surface area (Å²) in [5.74, 6) is 0. The molecule has 1 aromatic heterocycles. The van der Waals surface area contributed by atoms with Crippen molar-refractivity contribution >= 4 is 49.6 Å². The van der Waals surface area contributed by atoms with Crippen molar-refractivity contribution in [1.29, 1.82) is 0 Å². The van der Waals surface area contributed by atoms with Gasteiger partial charge in [-0.2, -0.15) is 0 Å². The molecule has 11 aromatic rings. The molecule has 0 aliphatic carbocycles. The molecular weight excluding hydrogens is 725 g/mol. The van der Waals surface area contributed by atoms with Gasteiger partial charge in [0.05, 0.1) is 16.7 Å². The predicted octanol–water partition coefficient (Wildman–Crippen LogP) is 16.1. The maximum absolute atomic E-state index is 2.45. The second kappa shape index (κ2) is 15.1. The standard InChI is InChI=1S/C58H40N2/c1-5-17-41(18-6-1)46-37-47(42-19-7-2-8-20-42)39-48(38-46)43-29-32-50(33-30-43)59(56-36-31-44-21-13-14-26-52(44)58(56)45-22-9-3-10-23-45)51-34-35-54-53-27-15-16-28-55(53)60(57(54)40-51)49-24-11-4-12-25-49/h1-40H. The van der Waals surface area contributed by atoms with E-state index >= 15 is 0 Å². The zero-order valence-corrected chi connectivity index (χ0v) is 33.0. The average Bonchev–Trinajstić information content (AvgIpc) is 3.66. The minimum absolute atomic E-state index is 1.08. The van der Waals surface area contributed by atoms with Crippen molar-refractivity contribution in [2.24, 2.45) is 0 Å². The fourth-order valence-electron chi connectivity index (χ4n) is 8.93. The van der Waals surface area contributed by atoms with Gasteiger partial charge < -0.3 is 9.47 Å². The van der Waals surface area contributed by atoms with Gasteiger partial charge in [0.15, 0.2) is 0 Å². The topological polar surface area (TPSA) is 8.17 Å². The quantitative estimate of drug-likeness (QED) is 0.150. The van der Waals surface area contributed by atoms with E-state index in [-0.39, 0.29) is 0 Å². The molecule has 0 bridgehead atoms. The monoisotopic (exact) mass is 764 g/mol. The molecule has 0 saturated heterocycles. The molecule has 282 valence electrons. The number of para-hydroxylation sites is 2. The molecule has 11 rings (SSSR count). The maximum Gasteiger partial charge on any atom is 0.0561 e. The third-order valence-corrected chi connectivity index (χ3v) is 11.7. The van der Waals surface area contributed by atoms with Gasteiger partial charge in [0.25, 0.3) is 0 Å². The Morgan fingerprint density at radius 3 is 1.40 bits per heavy atom. The number of anilines is 3. The largest absolute Gasteiger partial charge is 0.310 e. The van der Waals surface area contributed by atoms with Gasteiger partial charge in [-0.05, 0) is 116 Å². The van der Waals surface area contributed by atoms with E-state index in [0.717, 1.165) is 33.8 Å². The van der Waals surface area contributed by atoms with E-state index in [9.17, 15) is 0 Å². The summed E-state index contributed by atoms with van der Waals surface area (Å²) in [6.45, 7) is 0. The second-order valence-corrected chi connectivity index (χ2v) is 15.3. The smallest absolute Gasteiger partial charge is 0.0561 e. The van der Waals surface area contributed by atoms with Crippen LogP contribution in [0.2, 0.25) is 0 Å². The van der Waals surface area contributed by atoms with Gasteiger partial charge >= 0.3 is 0 Å². The molecule has 0 saturated carbocycles. The highest BCUT2D eigenvalue weighted by Crippen LogP contribution is 2.46. The molecule has 0 aliphatic heterocycles. The van der Waals surface area contributed by atoms with Crippen molar-refractivity contribution in [1.82, 2.24) is 4.57 Å². The normalized spacial score (nSPS) is 11.3. The van der Waals surface area contributed by atoms with Gasteiger partial charge in [0.2, 0.25) is 0 Å². The maximum atomic E-state index is 2.45. The van der Waals surface area contributed by atoms with Crippen LogP contribution >= 0.6 is 0 Å². The van der Waals surface area contributed by atoms with Crippen LogP contribution in [0.3, 0.4) is 0 Å². The Hall–Kier alpha value is -7.94. The molecule has 0 unspecified atom stereocenters. The first-order valence-corrected chi connectivity index (χ1v) is 20.6. The lowest BCUT2D eigenvalue weighted by Crippen LogP contribution is -2.11. The number of aromatic nitrogens is 1. The fourth-order valence-corrected chi connectivity index (χ4v) is 8.93. The highest BCUT2D eigenvalue weighted by Gasteiger charge is 2.22. The SMILES string of the molecule is c1ccc(-c2cc(-c3ccccc3)cc(-c3ccc(N(c4ccc5c6ccccc6n(-c6ccccc6)c5c4)c4ccc5ccccc5c4-c4ccccc4)cc3)c2)cc1. The van der Waals surface area contributed by atoms with E-state index in [0.29, 0.717) is 0 Å². The lowest BCUT2D eigenvalue weighted by molar-refractivity contribution is 1.18. The first-order chi connectivity index (χ1) is 29.8. The molecule has 0 aliphatic rings. The Kier molecular flexibility index (Phi) is 8.87. The van der Waals surface area contributed by atoms with Gasteiger partial charge in [0, 0.05) is 33.4 Å². The lowest BCUT2D eigenvalue weighted by atomic mass is 9.93. The number of fused-ring (bicyclic) bond motifs is 4. The summed E-state index contributed by atoms with van der Waals surface area (Å²) in [4.78, 5) is 2.45. The Morgan fingerprint density at radius 2 is 0.767 bits per heavy atom. The minimum atomic E-state index is 1.08. The molecule has 0 fully saturated rings. The van der Waals surface area contributed by atoms with Gasteiger partial charge in [0.1, 0.15) is 0 Å². The number of benzene rings is 10. The van der Waals surface area contributed by atoms with Crippen LogP contribution in [0.5, 0.6) is 0 Å². The summed E-state index contributed by atoms with van der Waals surface area (Å²) in [6.07, 6.45) is 0. The number of hydrogen-bond acceptors (Lipinski definition) is 1. The summed E-state index contributed by atoms with van der Waals surface area (Å²) in [7, 11) is 0. The molecule has 0 N–H and O–H groups in total. The molecule has 0 atom stereocenters. The lowest BCUT2D eigenvalue weighted by Gasteiger charge is -2.29. The molecule has 0 radical (unpaired) electrons. The Bertz CT molecular complexity index is 3220. The van der Waals surface area contributed by atoms with Crippen molar-refractivity contribution in [2.45, 2.75) is 0 Å². The van der Waals surface area contributed by atoms with E-state index in [1.54, 1.807) is 0 Å². The van der Waals surface area contributed by atoms with Gasteiger partial charge in [-0.3, -0.25) is 0 Å². The van der Waals surface area contributed by atoms with Gasteiger partial charge in [-0.15, -0.1) is 0 Å². The van der Waals surface area contributed by atoms with Crippen molar-refractivity contribution in [3.05, 3.63) is 243 Å². The molecule has 2 nitrogen and oxygen atoms in total. The third-order valence-electron chi connectivity index (χ3n) is 11.7. The molecule has 0 spiro atoms. The van der Waals surface area contributed by atoms with Crippen LogP contribution in [0.1, 0.15) is 0 Å². The fraction of sp³-hybridized carbons (Fsp3) is 0. The molecule has 10 aromatic carbocycles. The van der Waals surface area contributed by atoms with E-state index in [1.807, 2.05) is 0 Å². The number of hydrogen-bond donors (Lipinski definition) is 0. The summed E-state index contributed by atoms with van der Waals surface area (Å²) < 4.78 is 2.40. The van der Waals surface area contributed by atoms with Crippen molar-refractivity contribution < 1.29 is 0 Å². The zero-order valence-electron chi connectivity index (χ0n) is 33.0. The highest BCUT2D eigenvalue weighted by atomic mass is 15.1. The van der Waals surface area contributed by atoms with Crippen LogP contribution in [0, 0.1) is 0 Å². The van der Waals surface area contributed by atoms with Crippen LogP contribution in [0.15, 0.2) is 243 Å². The number of rotatable bonds is 8. The van der Waals surface area contributed by atoms with E-state index in [4.69, 9.17) is 0 Å². The predicted molar refractivity (Wildman–Crippen MR) is 255 cm³/mol. The first kappa shape index (κ1) is 35.2. The highest BCUT2D eigenvalue weighted by molar-refractivity contribution is 6.11. The summed E-state index contributed by atoms with van der Waals surface area (Å²) in [5.41, 5.74) is 16.3. The third kappa shape index (κ3) is 6.32. The van der Waals surface area contributed by atoms with E-state index < -0.39 is 0 Å². The molecule has 60 heavy (non-hydrogen) atoms. The molecular formula is C58H40N2. The van der Waals surface area contributed by atoms with Crippen LogP contribution in [-0.4, -0.2) is 4.57 Å². The molecule has 2 heteroatoms. The van der Waals surface area contributed by atoms with E-state index in [1.165, 1.54) is 66.0 Å². The molecule has 1 heterocycles. The van der Waals surface area contributed by atoms with Crippen LogP contribution in [0.4, 0.5) is 17.1 Å². The minimum Gasteiger partial charge on any atom is -0.310 e. The Balaban J connectivity index is 1.13. The first-order valence-electron chi connectivity index (χ1n) is 20.6.